The summed E-state index contributed by atoms with van der Waals surface area (Å²) < 4.78 is 30.1. The van der Waals surface area contributed by atoms with Gasteiger partial charge in [-0.2, -0.15) is 0 Å². The number of benzene rings is 1. The lowest BCUT2D eigenvalue weighted by molar-refractivity contribution is -0.0258. The molecule has 0 saturated heterocycles. The number of nitrogens with zero attached hydrogens (tertiary/aromatic N) is 1. The molecule has 1 heterocycles. The molecule has 118 valence electrons. The van der Waals surface area contributed by atoms with Crippen molar-refractivity contribution in [3.63, 3.8) is 0 Å². The fourth-order valence-electron chi connectivity index (χ4n) is 1.73. The highest BCUT2D eigenvalue weighted by atomic mass is 32.2. The molecule has 8 heteroatoms. The Morgan fingerprint density at radius 2 is 2.09 bits per heavy atom. The van der Waals surface area contributed by atoms with Gasteiger partial charge in [-0.1, -0.05) is 10.5 Å². The summed E-state index contributed by atoms with van der Waals surface area (Å²) >= 11 is 0. The van der Waals surface area contributed by atoms with Crippen molar-refractivity contribution in [2.75, 3.05) is 14.2 Å². The van der Waals surface area contributed by atoms with E-state index >= 15 is 0 Å². The van der Waals surface area contributed by atoms with Gasteiger partial charge >= 0.3 is 0 Å². The van der Waals surface area contributed by atoms with Gasteiger partial charge in [-0.15, -0.1) is 0 Å². The van der Waals surface area contributed by atoms with E-state index in [1.165, 1.54) is 44.7 Å². The summed E-state index contributed by atoms with van der Waals surface area (Å²) in [6, 6.07) is 9.17. The van der Waals surface area contributed by atoms with Crippen molar-refractivity contribution in [2.24, 2.45) is 0 Å². The van der Waals surface area contributed by atoms with Gasteiger partial charge in [0.25, 0.3) is 15.9 Å². The molecule has 7 nitrogen and oxygen atoms in total. The molecule has 0 fully saturated rings. The molecule has 0 spiro atoms. The lowest BCUT2D eigenvalue weighted by atomic mass is 10.2. The Hall–Kier alpha value is -2.16. The first-order chi connectivity index (χ1) is 10.4. The maximum atomic E-state index is 12.1. The van der Waals surface area contributed by atoms with E-state index < -0.39 is 15.9 Å². The molecular weight excluding hydrogens is 308 g/mol. The van der Waals surface area contributed by atoms with Crippen LogP contribution in [-0.2, 0) is 21.4 Å². The minimum atomic E-state index is -3.79. The van der Waals surface area contributed by atoms with Crippen molar-refractivity contribution in [2.45, 2.75) is 11.4 Å². The SMILES string of the molecule is CON(C)S(=O)(=O)c1cccc(C(=O)NCc2ccco2)c1. The second-order valence-electron chi connectivity index (χ2n) is 4.39. The summed E-state index contributed by atoms with van der Waals surface area (Å²) in [6.07, 6.45) is 1.51. The standard InChI is InChI=1S/C14H16N2O5S/c1-16(20-2)22(18,19)13-7-3-5-11(9-13)14(17)15-10-12-6-4-8-21-12/h3-9H,10H2,1-2H3,(H,15,17). The number of hydrogen-bond donors (Lipinski definition) is 1. The number of carbonyl (C=O) groups excluding carboxylic acids is 1. The van der Waals surface area contributed by atoms with Crippen LogP contribution in [0.15, 0.2) is 52.0 Å². The lowest BCUT2D eigenvalue weighted by Crippen LogP contribution is -2.27. The van der Waals surface area contributed by atoms with Crippen LogP contribution in [0, 0.1) is 0 Å². The van der Waals surface area contributed by atoms with E-state index in [2.05, 4.69) is 5.32 Å². The van der Waals surface area contributed by atoms with Gasteiger partial charge in [-0.05, 0) is 30.3 Å². The number of furan rings is 1. The van der Waals surface area contributed by atoms with Gasteiger partial charge in [-0.3, -0.25) is 9.63 Å². The molecule has 0 unspecified atom stereocenters. The molecule has 1 aromatic heterocycles. The van der Waals surface area contributed by atoms with E-state index in [4.69, 9.17) is 9.25 Å². The molecule has 0 aliphatic rings. The summed E-state index contributed by atoms with van der Waals surface area (Å²) in [6.45, 7) is 0.223. The lowest BCUT2D eigenvalue weighted by Gasteiger charge is -2.14. The number of nitrogens with one attached hydrogen (secondary N) is 1. The van der Waals surface area contributed by atoms with Gasteiger partial charge in [0.05, 0.1) is 24.8 Å². The van der Waals surface area contributed by atoms with Crippen LogP contribution in [-0.4, -0.2) is 33.0 Å². The number of sulfonamides is 1. The van der Waals surface area contributed by atoms with Crippen LogP contribution in [0.3, 0.4) is 0 Å². The number of amides is 1. The fourth-order valence-corrected chi connectivity index (χ4v) is 2.75. The molecule has 22 heavy (non-hydrogen) atoms. The van der Waals surface area contributed by atoms with Gasteiger partial charge < -0.3 is 9.73 Å². The van der Waals surface area contributed by atoms with Crippen LogP contribution in [0.2, 0.25) is 0 Å². The molecule has 0 aliphatic heterocycles. The number of carbonyl (C=O) groups is 1. The van der Waals surface area contributed by atoms with Crippen molar-refractivity contribution in [1.29, 1.82) is 0 Å². The Balaban J connectivity index is 2.16. The summed E-state index contributed by atoms with van der Waals surface area (Å²) in [7, 11) is -1.27. The van der Waals surface area contributed by atoms with Crippen molar-refractivity contribution >= 4 is 15.9 Å². The normalized spacial score (nSPS) is 11.6. The molecule has 2 aromatic rings. The van der Waals surface area contributed by atoms with Gasteiger partial charge in [0, 0.05) is 12.6 Å². The first kappa shape index (κ1) is 16.2. The Labute approximate surface area is 128 Å². The van der Waals surface area contributed by atoms with E-state index in [0.717, 1.165) is 4.47 Å². The molecule has 1 N–H and O–H groups in total. The molecule has 0 atom stereocenters. The Kier molecular flexibility index (Phi) is 4.96. The number of rotatable bonds is 6. The first-order valence-electron chi connectivity index (χ1n) is 6.39. The Morgan fingerprint density at radius 3 is 2.73 bits per heavy atom. The zero-order chi connectivity index (χ0) is 16.2. The first-order valence-corrected chi connectivity index (χ1v) is 7.83. The van der Waals surface area contributed by atoms with Crippen molar-refractivity contribution < 1.29 is 22.5 Å². The predicted molar refractivity (Wildman–Crippen MR) is 78.3 cm³/mol. The largest absolute Gasteiger partial charge is 0.467 e. The fraction of sp³-hybridized carbons (Fsp3) is 0.214. The summed E-state index contributed by atoms with van der Waals surface area (Å²) in [5.41, 5.74) is 0.233. The highest BCUT2D eigenvalue weighted by Crippen LogP contribution is 2.16. The maximum absolute atomic E-state index is 12.1. The summed E-state index contributed by atoms with van der Waals surface area (Å²) in [4.78, 5) is 16.7. The van der Waals surface area contributed by atoms with Gasteiger partial charge in [0.1, 0.15) is 5.76 Å². The zero-order valence-corrected chi connectivity index (χ0v) is 13.0. The minimum absolute atomic E-state index is 0.0255. The van der Waals surface area contributed by atoms with Crippen LogP contribution < -0.4 is 5.32 Å². The minimum Gasteiger partial charge on any atom is -0.467 e. The monoisotopic (exact) mass is 324 g/mol. The van der Waals surface area contributed by atoms with Crippen LogP contribution in [0.5, 0.6) is 0 Å². The second-order valence-corrected chi connectivity index (χ2v) is 6.32. The summed E-state index contributed by atoms with van der Waals surface area (Å²) in [5, 5.41) is 2.65. The van der Waals surface area contributed by atoms with Crippen LogP contribution >= 0.6 is 0 Å². The van der Waals surface area contributed by atoms with E-state index in [9.17, 15) is 13.2 Å². The molecule has 1 aromatic carbocycles. The van der Waals surface area contributed by atoms with Crippen molar-refractivity contribution in [3.05, 3.63) is 54.0 Å². The average Bonchev–Trinajstić information content (AvgIpc) is 3.05. The smallest absolute Gasteiger partial charge is 0.264 e. The molecule has 0 aliphatic carbocycles. The van der Waals surface area contributed by atoms with Crippen molar-refractivity contribution in [1.82, 2.24) is 9.79 Å². The van der Waals surface area contributed by atoms with E-state index in [1.807, 2.05) is 0 Å². The average molecular weight is 324 g/mol. The molecule has 2 rings (SSSR count). The van der Waals surface area contributed by atoms with Gasteiger partial charge in [0.2, 0.25) is 0 Å². The van der Waals surface area contributed by atoms with Gasteiger partial charge in [0.15, 0.2) is 0 Å². The third-order valence-electron chi connectivity index (χ3n) is 2.99. The topological polar surface area (TPSA) is 88.8 Å². The van der Waals surface area contributed by atoms with Crippen LogP contribution in [0.1, 0.15) is 16.1 Å². The van der Waals surface area contributed by atoms with Gasteiger partial charge in [-0.25, -0.2) is 8.42 Å². The van der Waals surface area contributed by atoms with E-state index in [0.29, 0.717) is 5.76 Å². The maximum Gasteiger partial charge on any atom is 0.264 e. The molecular formula is C14H16N2O5S. The molecule has 1 amide bonds. The van der Waals surface area contributed by atoms with E-state index in [-0.39, 0.29) is 17.0 Å². The quantitative estimate of drug-likeness (QED) is 0.811. The number of hydroxylamine groups is 1. The van der Waals surface area contributed by atoms with Crippen LogP contribution in [0.4, 0.5) is 0 Å². The molecule has 0 saturated carbocycles. The molecule has 0 radical (unpaired) electrons. The Morgan fingerprint density at radius 1 is 1.32 bits per heavy atom. The van der Waals surface area contributed by atoms with Crippen LogP contribution in [0.25, 0.3) is 0 Å². The van der Waals surface area contributed by atoms with Crippen molar-refractivity contribution in [3.8, 4) is 0 Å². The highest BCUT2D eigenvalue weighted by Gasteiger charge is 2.21. The Bertz CT molecular complexity index is 740. The second kappa shape index (κ2) is 6.73. The van der Waals surface area contributed by atoms with E-state index in [1.54, 1.807) is 12.1 Å². The third-order valence-corrected chi connectivity index (χ3v) is 4.67. The third kappa shape index (κ3) is 3.53. The summed E-state index contributed by atoms with van der Waals surface area (Å²) in [5.74, 6) is 0.213. The zero-order valence-electron chi connectivity index (χ0n) is 12.1. The number of hydrogen-bond acceptors (Lipinski definition) is 5. The predicted octanol–water partition coefficient (Wildman–Crippen LogP) is 1.39. The highest BCUT2D eigenvalue weighted by molar-refractivity contribution is 7.89. The molecule has 0 bridgehead atoms.